The van der Waals surface area contributed by atoms with Crippen LogP contribution in [0.25, 0.3) is 0 Å². The maximum absolute atomic E-state index is 10.8. The molecule has 6 nitrogen and oxygen atoms in total. The van der Waals surface area contributed by atoms with Crippen LogP contribution in [0.2, 0.25) is 0 Å². The second-order valence-corrected chi connectivity index (χ2v) is 4.50. The van der Waals surface area contributed by atoms with Crippen molar-refractivity contribution in [3.63, 3.8) is 0 Å². The van der Waals surface area contributed by atoms with Gasteiger partial charge in [-0.1, -0.05) is 0 Å². The first-order valence-electron chi connectivity index (χ1n) is 3.96. The van der Waals surface area contributed by atoms with Gasteiger partial charge >= 0.3 is 6.16 Å². The predicted molar refractivity (Wildman–Crippen MR) is 48.1 cm³/mol. The Kier molecular flexibility index (Phi) is 4.86. The van der Waals surface area contributed by atoms with Crippen LogP contribution in [0.4, 0.5) is 4.79 Å². The zero-order chi connectivity index (χ0) is 11.4. The van der Waals surface area contributed by atoms with Crippen molar-refractivity contribution in [3.8, 4) is 0 Å². The van der Waals surface area contributed by atoms with E-state index in [4.69, 9.17) is 0 Å². The Morgan fingerprint density at radius 1 is 1.14 bits per heavy atom. The third kappa shape index (κ3) is 7.81. The molecule has 0 radical (unpaired) electrons. The van der Waals surface area contributed by atoms with Gasteiger partial charge in [-0.25, -0.2) is 8.98 Å². The molecule has 0 aromatic carbocycles. The fraction of sp³-hybridized carbons (Fsp3) is 0.857. The summed E-state index contributed by atoms with van der Waals surface area (Å²) in [5.41, 5.74) is 0. The minimum atomic E-state index is -3.63. The van der Waals surface area contributed by atoms with Crippen LogP contribution in [0.1, 0.15) is 20.8 Å². The van der Waals surface area contributed by atoms with E-state index < -0.39 is 22.6 Å². The fourth-order valence-corrected chi connectivity index (χ4v) is 1.15. The van der Waals surface area contributed by atoms with Gasteiger partial charge in [0.15, 0.2) is 0 Å². The molecular weight excluding hydrogens is 212 g/mol. The molecule has 0 saturated heterocycles. The maximum Gasteiger partial charge on any atom is 0.510 e. The summed E-state index contributed by atoms with van der Waals surface area (Å²) < 4.78 is 34.6. The first-order valence-corrected chi connectivity index (χ1v) is 5.78. The smallest absolute Gasteiger partial charge is 0.432 e. The number of hydrogen-bond acceptors (Lipinski definition) is 6. The van der Waals surface area contributed by atoms with Gasteiger partial charge in [0.05, 0.1) is 12.4 Å². The molecule has 0 aromatic heterocycles. The molecule has 0 spiro atoms. The van der Waals surface area contributed by atoms with E-state index in [1.165, 1.54) is 6.92 Å². The maximum atomic E-state index is 10.8. The molecule has 0 saturated carbocycles. The molecule has 0 amide bonds. The molecule has 0 fully saturated rings. The summed E-state index contributed by atoms with van der Waals surface area (Å²) >= 11 is 0. The Morgan fingerprint density at radius 2 is 1.64 bits per heavy atom. The monoisotopic (exact) mass is 226 g/mol. The van der Waals surface area contributed by atoms with E-state index in [2.05, 4.69) is 13.7 Å². The van der Waals surface area contributed by atoms with Crippen molar-refractivity contribution in [2.24, 2.45) is 0 Å². The Bertz CT molecular complexity index is 281. The standard InChI is InChI=1S/C7H14O6S/c1-5(2)11-7(8)12-6(3)13-14(4,9)10/h5-6H,1-4H3. The summed E-state index contributed by atoms with van der Waals surface area (Å²) in [5, 5.41) is 0. The number of hydrogen-bond donors (Lipinski definition) is 0. The lowest BCUT2D eigenvalue weighted by atomic mass is 10.5. The van der Waals surface area contributed by atoms with E-state index >= 15 is 0 Å². The van der Waals surface area contributed by atoms with Crippen LogP contribution < -0.4 is 0 Å². The summed E-state index contributed by atoms with van der Waals surface area (Å²) in [6, 6.07) is 0. The molecule has 0 aliphatic heterocycles. The molecule has 0 bridgehead atoms. The van der Waals surface area contributed by atoms with Gasteiger partial charge in [0.25, 0.3) is 10.1 Å². The molecule has 14 heavy (non-hydrogen) atoms. The van der Waals surface area contributed by atoms with Crippen molar-refractivity contribution >= 4 is 16.3 Å². The summed E-state index contributed by atoms with van der Waals surface area (Å²) in [6.07, 6.45) is -1.61. The Morgan fingerprint density at radius 3 is 2.00 bits per heavy atom. The van der Waals surface area contributed by atoms with Gasteiger partial charge in [0.2, 0.25) is 6.29 Å². The third-order valence-electron chi connectivity index (χ3n) is 0.904. The summed E-state index contributed by atoms with van der Waals surface area (Å²) in [4.78, 5) is 10.8. The van der Waals surface area contributed by atoms with Crippen molar-refractivity contribution in [2.45, 2.75) is 33.2 Å². The summed E-state index contributed by atoms with van der Waals surface area (Å²) in [7, 11) is -3.63. The predicted octanol–water partition coefficient (Wildman–Crippen LogP) is 0.870. The highest BCUT2D eigenvalue weighted by atomic mass is 32.2. The largest absolute Gasteiger partial charge is 0.510 e. The van der Waals surface area contributed by atoms with Crippen LogP contribution in [0.5, 0.6) is 0 Å². The molecule has 0 aliphatic carbocycles. The van der Waals surface area contributed by atoms with Gasteiger partial charge in [-0.05, 0) is 20.8 Å². The number of ether oxygens (including phenoxy) is 2. The average Bonchev–Trinajstić information content (AvgIpc) is 1.77. The first kappa shape index (κ1) is 13.2. The highest BCUT2D eigenvalue weighted by Gasteiger charge is 2.16. The van der Waals surface area contributed by atoms with Gasteiger partial charge in [-0.3, -0.25) is 0 Å². The normalized spacial score (nSPS) is 13.8. The van der Waals surface area contributed by atoms with E-state index in [1.54, 1.807) is 13.8 Å². The van der Waals surface area contributed by atoms with Gasteiger partial charge in [0.1, 0.15) is 0 Å². The minimum Gasteiger partial charge on any atom is -0.432 e. The summed E-state index contributed by atoms with van der Waals surface area (Å²) in [6.45, 7) is 4.56. The van der Waals surface area contributed by atoms with Crippen LogP contribution in [-0.2, 0) is 23.8 Å². The van der Waals surface area contributed by atoms with Crippen molar-refractivity contribution in [3.05, 3.63) is 0 Å². The zero-order valence-electron chi connectivity index (χ0n) is 8.51. The van der Waals surface area contributed by atoms with Crippen LogP contribution in [0, 0.1) is 0 Å². The van der Waals surface area contributed by atoms with Gasteiger partial charge in [-0.15, -0.1) is 0 Å². The molecule has 84 valence electrons. The number of rotatable bonds is 4. The van der Waals surface area contributed by atoms with Crippen LogP contribution in [0.15, 0.2) is 0 Å². The van der Waals surface area contributed by atoms with Crippen LogP contribution in [0.3, 0.4) is 0 Å². The molecule has 0 heterocycles. The highest BCUT2D eigenvalue weighted by molar-refractivity contribution is 7.86. The molecule has 1 atom stereocenters. The minimum absolute atomic E-state index is 0.326. The van der Waals surface area contributed by atoms with E-state index in [9.17, 15) is 13.2 Å². The van der Waals surface area contributed by atoms with Gasteiger partial charge in [-0.2, -0.15) is 8.42 Å². The quantitative estimate of drug-likeness (QED) is 0.402. The average molecular weight is 226 g/mol. The molecule has 0 N–H and O–H groups in total. The second-order valence-electron chi connectivity index (χ2n) is 2.90. The SMILES string of the molecule is CC(C)OC(=O)OC(C)OS(C)(=O)=O. The fourth-order valence-electron chi connectivity index (χ4n) is 0.622. The van der Waals surface area contributed by atoms with E-state index in [0.717, 1.165) is 6.26 Å². The molecule has 0 aromatic rings. The highest BCUT2D eigenvalue weighted by Crippen LogP contribution is 2.02. The molecule has 0 rings (SSSR count). The number of carbonyl (C=O) groups is 1. The van der Waals surface area contributed by atoms with E-state index in [0.29, 0.717) is 0 Å². The second kappa shape index (κ2) is 5.16. The Labute approximate surface area is 83.3 Å². The van der Waals surface area contributed by atoms with Crippen molar-refractivity contribution in [2.75, 3.05) is 6.26 Å². The Balaban J connectivity index is 3.95. The Hall–Kier alpha value is -0.820. The van der Waals surface area contributed by atoms with Crippen molar-refractivity contribution < 1.29 is 26.9 Å². The topological polar surface area (TPSA) is 78.9 Å². The third-order valence-corrected chi connectivity index (χ3v) is 1.53. The van der Waals surface area contributed by atoms with Gasteiger partial charge < -0.3 is 9.47 Å². The van der Waals surface area contributed by atoms with Gasteiger partial charge in [0, 0.05) is 0 Å². The van der Waals surface area contributed by atoms with E-state index in [-0.39, 0.29) is 6.10 Å². The van der Waals surface area contributed by atoms with Crippen molar-refractivity contribution in [1.29, 1.82) is 0 Å². The van der Waals surface area contributed by atoms with E-state index in [1.807, 2.05) is 0 Å². The van der Waals surface area contributed by atoms with Crippen LogP contribution >= 0.6 is 0 Å². The molecule has 1 unspecified atom stereocenters. The zero-order valence-corrected chi connectivity index (χ0v) is 9.33. The summed E-state index contributed by atoms with van der Waals surface area (Å²) in [5.74, 6) is 0. The molecule has 0 aliphatic rings. The van der Waals surface area contributed by atoms with Crippen LogP contribution in [-0.4, -0.2) is 33.2 Å². The number of carbonyl (C=O) groups excluding carboxylic acids is 1. The lowest BCUT2D eigenvalue weighted by Crippen LogP contribution is -2.23. The first-order chi connectivity index (χ1) is 6.20. The molecular formula is C7H14O6S. The lowest BCUT2D eigenvalue weighted by Gasteiger charge is -2.13. The molecule has 7 heteroatoms. The van der Waals surface area contributed by atoms with Crippen molar-refractivity contribution in [1.82, 2.24) is 0 Å². The lowest BCUT2D eigenvalue weighted by molar-refractivity contribution is -0.0570.